The smallest absolute Gasteiger partial charge is 0.324 e. The molecule has 2 aliphatic rings. The van der Waals surface area contributed by atoms with E-state index in [9.17, 15) is 9.59 Å². The summed E-state index contributed by atoms with van der Waals surface area (Å²) in [6.45, 7) is 0.441. The van der Waals surface area contributed by atoms with E-state index in [2.05, 4.69) is 27.6 Å². The highest BCUT2D eigenvalue weighted by Gasteiger charge is 2.45. The molecule has 32 heavy (non-hydrogen) atoms. The molecule has 1 aliphatic heterocycles. The highest BCUT2D eigenvalue weighted by atomic mass is 16.5. The van der Waals surface area contributed by atoms with Crippen LogP contribution >= 0.6 is 0 Å². The second kappa shape index (κ2) is 8.94. The number of hydrogen-bond donors (Lipinski definition) is 1. The van der Waals surface area contributed by atoms with E-state index >= 15 is 0 Å². The van der Waals surface area contributed by atoms with Gasteiger partial charge in [0.15, 0.2) is 0 Å². The van der Waals surface area contributed by atoms with E-state index in [-0.39, 0.29) is 29.8 Å². The molecule has 164 valence electrons. The second-order valence-electron chi connectivity index (χ2n) is 8.57. The van der Waals surface area contributed by atoms with E-state index in [1.54, 1.807) is 0 Å². The quantitative estimate of drug-likeness (QED) is 0.634. The second-order valence-corrected chi connectivity index (χ2v) is 8.57. The normalized spacial score (nSPS) is 23.0. The number of carbonyl (C=O) groups is 2. The minimum atomic E-state index is -0.291. The molecule has 2 heterocycles. The topological polar surface area (TPSA) is 88.3 Å². The SMILES string of the molecule is O=C1NC2CC(c3nc(-c4ccccc4)no3)CCC2C(=O)N1CCCc1ccccc1. The lowest BCUT2D eigenvalue weighted by Gasteiger charge is -2.41. The molecule has 7 heteroatoms. The van der Waals surface area contributed by atoms with Gasteiger partial charge in [-0.05, 0) is 37.7 Å². The fraction of sp³-hybridized carbons (Fsp3) is 0.360. The summed E-state index contributed by atoms with van der Waals surface area (Å²) in [6, 6.07) is 19.3. The Kier molecular flexibility index (Phi) is 5.71. The van der Waals surface area contributed by atoms with Crippen molar-refractivity contribution in [2.75, 3.05) is 6.54 Å². The van der Waals surface area contributed by atoms with Crippen LogP contribution in [0.25, 0.3) is 11.4 Å². The van der Waals surface area contributed by atoms with Gasteiger partial charge in [-0.15, -0.1) is 0 Å². The molecule has 7 nitrogen and oxygen atoms in total. The molecule has 5 rings (SSSR count). The molecule has 1 N–H and O–H groups in total. The van der Waals surface area contributed by atoms with Crippen molar-refractivity contribution in [1.29, 1.82) is 0 Å². The van der Waals surface area contributed by atoms with Crippen molar-refractivity contribution in [3.05, 3.63) is 72.1 Å². The summed E-state index contributed by atoms with van der Waals surface area (Å²) >= 11 is 0. The predicted molar refractivity (Wildman–Crippen MR) is 119 cm³/mol. The van der Waals surface area contributed by atoms with Gasteiger partial charge in [-0.3, -0.25) is 9.69 Å². The average Bonchev–Trinajstić information content (AvgIpc) is 3.32. The predicted octanol–water partition coefficient (Wildman–Crippen LogP) is 4.17. The van der Waals surface area contributed by atoms with Crippen LogP contribution in [0.3, 0.4) is 0 Å². The Morgan fingerprint density at radius 2 is 1.75 bits per heavy atom. The van der Waals surface area contributed by atoms with Gasteiger partial charge in [-0.25, -0.2) is 4.79 Å². The van der Waals surface area contributed by atoms with E-state index in [1.165, 1.54) is 10.5 Å². The molecular weight excluding hydrogens is 404 g/mol. The number of aryl methyl sites for hydroxylation is 1. The van der Waals surface area contributed by atoms with Crippen LogP contribution in [0.2, 0.25) is 0 Å². The van der Waals surface area contributed by atoms with Gasteiger partial charge in [0, 0.05) is 24.1 Å². The van der Waals surface area contributed by atoms with E-state index < -0.39 is 0 Å². The Balaban J connectivity index is 1.20. The third-order valence-corrected chi connectivity index (χ3v) is 6.50. The third-order valence-electron chi connectivity index (χ3n) is 6.50. The number of nitrogens with zero attached hydrogens (tertiary/aromatic N) is 3. The number of urea groups is 1. The van der Waals surface area contributed by atoms with E-state index in [4.69, 9.17) is 4.52 Å². The first kappa shape index (κ1) is 20.4. The fourth-order valence-corrected chi connectivity index (χ4v) is 4.79. The van der Waals surface area contributed by atoms with Crippen molar-refractivity contribution < 1.29 is 14.1 Å². The van der Waals surface area contributed by atoms with Crippen molar-refractivity contribution in [3.8, 4) is 11.4 Å². The maximum absolute atomic E-state index is 13.1. The van der Waals surface area contributed by atoms with Crippen LogP contribution in [0.15, 0.2) is 65.2 Å². The van der Waals surface area contributed by atoms with Crippen LogP contribution in [-0.2, 0) is 11.2 Å². The number of benzene rings is 2. The van der Waals surface area contributed by atoms with Crippen molar-refractivity contribution >= 4 is 11.9 Å². The van der Waals surface area contributed by atoms with Crippen LogP contribution in [0, 0.1) is 5.92 Å². The first-order chi connectivity index (χ1) is 15.7. The van der Waals surface area contributed by atoms with Gasteiger partial charge in [0.1, 0.15) is 0 Å². The zero-order chi connectivity index (χ0) is 21.9. The Hall–Kier alpha value is -3.48. The number of rotatable bonds is 6. The number of nitrogens with one attached hydrogen (secondary N) is 1. The number of hydrogen-bond acceptors (Lipinski definition) is 5. The first-order valence-corrected chi connectivity index (χ1v) is 11.2. The molecule has 3 atom stereocenters. The monoisotopic (exact) mass is 430 g/mol. The third kappa shape index (κ3) is 4.15. The lowest BCUT2D eigenvalue weighted by atomic mass is 9.76. The Labute approximate surface area is 186 Å². The zero-order valence-corrected chi connectivity index (χ0v) is 17.8. The fourth-order valence-electron chi connectivity index (χ4n) is 4.79. The molecule has 0 spiro atoms. The number of aromatic nitrogens is 2. The summed E-state index contributed by atoms with van der Waals surface area (Å²) in [5.74, 6) is 0.947. The van der Waals surface area contributed by atoms with E-state index in [1.807, 2.05) is 48.5 Å². The highest BCUT2D eigenvalue weighted by Crippen LogP contribution is 2.38. The minimum Gasteiger partial charge on any atom is -0.339 e. The van der Waals surface area contributed by atoms with Gasteiger partial charge in [0.2, 0.25) is 17.6 Å². The summed E-state index contributed by atoms with van der Waals surface area (Å²) in [5.41, 5.74) is 2.12. The number of carbonyl (C=O) groups excluding carboxylic acids is 2. The van der Waals surface area contributed by atoms with Crippen LogP contribution in [-0.4, -0.2) is 39.6 Å². The maximum Gasteiger partial charge on any atom is 0.324 e. The lowest BCUT2D eigenvalue weighted by molar-refractivity contribution is -0.136. The summed E-state index contributed by atoms with van der Waals surface area (Å²) < 4.78 is 5.54. The molecule has 3 unspecified atom stereocenters. The summed E-state index contributed by atoms with van der Waals surface area (Å²) in [6.07, 6.45) is 3.72. The molecule has 0 radical (unpaired) electrons. The molecule has 0 bridgehead atoms. The van der Waals surface area contributed by atoms with Crippen molar-refractivity contribution in [2.45, 2.75) is 44.1 Å². The van der Waals surface area contributed by atoms with Gasteiger partial charge in [0.05, 0.1) is 5.92 Å². The molecule has 3 aromatic rings. The van der Waals surface area contributed by atoms with E-state index in [0.29, 0.717) is 31.1 Å². The molecule has 1 saturated carbocycles. The zero-order valence-electron chi connectivity index (χ0n) is 17.8. The number of fused-ring (bicyclic) bond motifs is 1. The lowest BCUT2D eigenvalue weighted by Crippen LogP contribution is -2.61. The van der Waals surface area contributed by atoms with Gasteiger partial charge < -0.3 is 9.84 Å². The molecule has 1 aromatic heterocycles. The van der Waals surface area contributed by atoms with Crippen molar-refractivity contribution in [1.82, 2.24) is 20.4 Å². The first-order valence-electron chi connectivity index (χ1n) is 11.2. The standard InChI is InChI=1S/C25H26N4O3/c30-24-20-14-13-19(23-27-22(28-32-23)18-11-5-2-6-12-18)16-21(20)26-25(31)29(24)15-7-10-17-8-3-1-4-9-17/h1-6,8-9,11-12,19-21H,7,10,13-16H2,(H,26,31). The summed E-state index contributed by atoms with van der Waals surface area (Å²) in [7, 11) is 0. The van der Waals surface area contributed by atoms with Crippen LogP contribution in [0.4, 0.5) is 4.79 Å². The maximum atomic E-state index is 13.1. The van der Waals surface area contributed by atoms with Crippen LogP contribution in [0.5, 0.6) is 0 Å². The van der Waals surface area contributed by atoms with Gasteiger partial charge in [-0.1, -0.05) is 65.8 Å². The van der Waals surface area contributed by atoms with Crippen molar-refractivity contribution in [3.63, 3.8) is 0 Å². The molecule has 2 fully saturated rings. The Bertz CT molecular complexity index is 1080. The van der Waals surface area contributed by atoms with Crippen molar-refractivity contribution in [2.24, 2.45) is 5.92 Å². The molecule has 2 aromatic carbocycles. The van der Waals surface area contributed by atoms with Crippen LogP contribution in [0.1, 0.15) is 43.1 Å². The van der Waals surface area contributed by atoms with Gasteiger partial charge in [0.25, 0.3) is 0 Å². The molecule has 3 amide bonds. The highest BCUT2D eigenvalue weighted by molar-refractivity contribution is 5.98. The van der Waals surface area contributed by atoms with Crippen LogP contribution < -0.4 is 5.32 Å². The summed E-state index contributed by atoms with van der Waals surface area (Å²) in [5, 5.41) is 7.18. The van der Waals surface area contributed by atoms with Gasteiger partial charge in [-0.2, -0.15) is 4.98 Å². The summed E-state index contributed by atoms with van der Waals surface area (Å²) in [4.78, 5) is 31.7. The Morgan fingerprint density at radius 1 is 1.00 bits per heavy atom. The minimum absolute atomic E-state index is 0.0407. The average molecular weight is 431 g/mol. The molecule has 1 saturated heterocycles. The molecular formula is C25H26N4O3. The largest absolute Gasteiger partial charge is 0.339 e. The molecule has 1 aliphatic carbocycles. The number of amides is 3. The Morgan fingerprint density at radius 3 is 2.53 bits per heavy atom. The van der Waals surface area contributed by atoms with Gasteiger partial charge >= 0.3 is 6.03 Å². The van der Waals surface area contributed by atoms with E-state index in [0.717, 1.165) is 24.8 Å². The number of imide groups is 1.